The van der Waals surface area contributed by atoms with Crippen LogP contribution in [0.4, 0.5) is 0 Å². The van der Waals surface area contributed by atoms with E-state index in [0.717, 1.165) is 42.8 Å². The average molecular weight is 538 g/mol. The van der Waals surface area contributed by atoms with Gasteiger partial charge < -0.3 is 25.0 Å². The van der Waals surface area contributed by atoms with Crippen LogP contribution in [-0.2, 0) is 21.4 Å². The van der Waals surface area contributed by atoms with Crippen LogP contribution in [-0.4, -0.2) is 69.3 Å². The topological polar surface area (TPSA) is 79.9 Å². The molecule has 0 aromatic heterocycles. The minimum absolute atomic E-state index is 0.00860. The van der Waals surface area contributed by atoms with Gasteiger partial charge in [-0.05, 0) is 69.2 Å². The lowest BCUT2D eigenvalue weighted by Crippen LogP contribution is -2.46. The summed E-state index contributed by atoms with van der Waals surface area (Å²) >= 11 is 0. The van der Waals surface area contributed by atoms with Gasteiger partial charge in [0.25, 0.3) is 5.91 Å². The molecule has 2 amide bonds. The van der Waals surface area contributed by atoms with Gasteiger partial charge in [-0.1, -0.05) is 43.3 Å². The van der Waals surface area contributed by atoms with Crippen LogP contribution in [0.5, 0.6) is 5.75 Å². The first kappa shape index (κ1) is 30.6. The molecule has 0 bridgehead atoms. The second kappa shape index (κ2) is 14.5. The molecule has 2 aromatic rings. The first-order valence-electron chi connectivity index (χ1n) is 14.3. The van der Waals surface area contributed by atoms with E-state index in [-0.39, 0.29) is 29.7 Å². The van der Waals surface area contributed by atoms with Crippen LogP contribution in [0.3, 0.4) is 0 Å². The summed E-state index contributed by atoms with van der Waals surface area (Å²) in [6.07, 6.45) is 1.63. The van der Waals surface area contributed by atoms with E-state index in [1.807, 2.05) is 67.3 Å². The van der Waals surface area contributed by atoms with Gasteiger partial charge >= 0.3 is 0 Å². The van der Waals surface area contributed by atoms with Crippen LogP contribution in [0.2, 0.25) is 0 Å². The summed E-state index contributed by atoms with van der Waals surface area (Å²) < 4.78 is 11.2. The number of ether oxygens (including phenoxy) is 2. The predicted octanol–water partition coefficient (Wildman–Crippen LogP) is 4.44. The molecule has 2 aromatic carbocycles. The van der Waals surface area contributed by atoms with E-state index >= 15 is 0 Å². The summed E-state index contributed by atoms with van der Waals surface area (Å²) in [5, 5.41) is 6.68. The number of hydrogen-bond donors (Lipinski definition) is 2. The third kappa shape index (κ3) is 8.05. The van der Waals surface area contributed by atoms with Gasteiger partial charge in [0, 0.05) is 57.9 Å². The molecule has 1 aliphatic heterocycles. The van der Waals surface area contributed by atoms with Gasteiger partial charge in [0.1, 0.15) is 5.75 Å². The molecule has 1 fully saturated rings. The number of carbonyl (C=O) groups is 2. The Hall–Kier alpha value is -2.90. The first-order chi connectivity index (χ1) is 18.7. The molecule has 2 N–H and O–H groups in total. The van der Waals surface area contributed by atoms with Crippen molar-refractivity contribution in [1.82, 2.24) is 15.5 Å². The smallest absolute Gasteiger partial charge is 0.254 e. The molecule has 7 heteroatoms. The molecule has 0 saturated carbocycles. The summed E-state index contributed by atoms with van der Waals surface area (Å²) in [5.74, 6) is 1.29. The van der Waals surface area contributed by atoms with Crippen molar-refractivity contribution in [3.63, 3.8) is 0 Å². The summed E-state index contributed by atoms with van der Waals surface area (Å²) in [6, 6.07) is 15.7. The number of aryl methyl sites for hydroxylation is 1. The van der Waals surface area contributed by atoms with Crippen molar-refractivity contribution in [2.45, 2.75) is 58.9 Å². The second-order valence-electron chi connectivity index (χ2n) is 11.3. The number of methoxy groups -OCH3 is 1. The molecule has 0 aliphatic carbocycles. The first-order valence-corrected chi connectivity index (χ1v) is 14.3. The SMILES string of the molecule is CCc1ccc(C(=O)N(C[C@@H]2CNC[C@H]2CNC(=O)C(C)(C)c2ccccc2)C(C)C)cc1OCCCOC. The number of rotatable bonds is 14. The number of hydrogen-bond acceptors (Lipinski definition) is 5. The molecule has 0 spiro atoms. The van der Waals surface area contributed by atoms with Gasteiger partial charge in [0.05, 0.1) is 12.0 Å². The average Bonchev–Trinajstić information content (AvgIpc) is 3.39. The lowest BCUT2D eigenvalue weighted by molar-refractivity contribution is -0.125. The molecule has 0 unspecified atom stereocenters. The van der Waals surface area contributed by atoms with Gasteiger partial charge in [-0.2, -0.15) is 0 Å². The zero-order valence-electron chi connectivity index (χ0n) is 24.6. The van der Waals surface area contributed by atoms with Gasteiger partial charge in [-0.15, -0.1) is 0 Å². The van der Waals surface area contributed by atoms with E-state index < -0.39 is 5.41 Å². The lowest BCUT2D eigenvalue weighted by Gasteiger charge is -2.32. The Balaban J connectivity index is 1.66. The number of nitrogens with one attached hydrogen (secondary N) is 2. The van der Waals surface area contributed by atoms with Gasteiger partial charge in [-0.3, -0.25) is 9.59 Å². The summed E-state index contributed by atoms with van der Waals surface area (Å²) in [7, 11) is 1.68. The number of nitrogens with zero attached hydrogens (tertiary/aromatic N) is 1. The van der Waals surface area contributed by atoms with Gasteiger partial charge in [0.2, 0.25) is 5.91 Å². The maximum Gasteiger partial charge on any atom is 0.254 e. The monoisotopic (exact) mass is 537 g/mol. The van der Waals surface area contributed by atoms with Crippen molar-refractivity contribution in [3.8, 4) is 5.75 Å². The van der Waals surface area contributed by atoms with Crippen molar-refractivity contribution in [3.05, 3.63) is 65.2 Å². The van der Waals surface area contributed by atoms with Crippen LogP contribution in [0, 0.1) is 11.8 Å². The summed E-state index contributed by atoms with van der Waals surface area (Å²) in [6.45, 7) is 14.2. The molecule has 1 saturated heterocycles. The van der Waals surface area contributed by atoms with Crippen LogP contribution in [0.1, 0.15) is 62.5 Å². The van der Waals surface area contributed by atoms with Crippen molar-refractivity contribution in [2.24, 2.45) is 11.8 Å². The quantitative estimate of drug-likeness (QED) is 0.348. The molecule has 3 rings (SSSR count). The van der Waals surface area contributed by atoms with E-state index in [2.05, 4.69) is 31.4 Å². The third-order valence-electron chi connectivity index (χ3n) is 7.83. The molecular weight excluding hydrogens is 490 g/mol. The van der Waals surface area contributed by atoms with E-state index in [4.69, 9.17) is 9.47 Å². The Bertz CT molecular complexity index is 1070. The Labute approximate surface area is 234 Å². The molecule has 1 aliphatic rings. The normalized spacial score (nSPS) is 17.3. The molecule has 214 valence electrons. The third-order valence-corrected chi connectivity index (χ3v) is 7.83. The van der Waals surface area contributed by atoms with E-state index in [9.17, 15) is 9.59 Å². The predicted molar refractivity (Wildman–Crippen MR) is 156 cm³/mol. The highest BCUT2D eigenvalue weighted by Gasteiger charge is 2.34. The summed E-state index contributed by atoms with van der Waals surface area (Å²) in [4.78, 5) is 28.8. The molecule has 2 atom stereocenters. The number of amides is 2. The fourth-order valence-corrected chi connectivity index (χ4v) is 5.12. The fraction of sp³-hybridized carbons (Fsp3) is 0.562. The highest BCUT2D eigenvalue weighted by molar-refractivity contribution is 5.95. The molecule has 7 nitrogen and oxygen atoms in total. The lowest BCUT2D eigenvalue weighted by atomic mass is 9.83. The second-order valence-corrected chi connectivity index (χ2v) is 11.3. The zero-order chi connectivity index (χ0) is 28.4. The summed E-state index contributed by atoms with van der Waals surface area (Å²) in [5.41, 5.74) is 2.12. The Kier molecular flexibility index (Phi) is 11.4. The van der Waals surface area contributed by atoms with Crippen molar-refractivity contribution >= 4 is 11.8 Å². The Morgan fingerprint density at radius 2 is 1.79 bits per heavy atom. The highest BCUT2D eigenvalue weighted by Crippen LogP contribution is 2.26. The van der Waals surface area contributed by atoms with Crippen molar-refractivity contribution < 1.29 is 19.1 Å². The van der Waals surface area contributed by atoms with Crippen molar-refractivity contribution in [2.75, 3.05) is 46.5 Å². The van der Waals surface area contributed by atoms with Crippen LogP contribution < -0.4 is 15.4 Å². The number of benzene rings is 2. The minimum Gasteiger partial charge on any atom is -0.493 e. The minimum atomic E-state index is -0.614. The zero-order valence-corrected chi connectivity index (χ0v) is 24.6. The van der Waals surface area contributed by atoms with Gasteiger partial charge in [0.15, 0.2) is 0 Å². The largest absolute Gasteiger partial charge is 0.493 e. The highest BCUT2D eigenvalue weighted by atomic mass is 16.5. The molecule has 1 heterocycles. The maximum atomic E-state index is 13.7. The number of carbonyl (C=O) groups excluding carboxylic acids is 2. The Morgan fingerprint density at radius 3 is 2.46 bits per heavy atom. The maximum absolute atomic E-state index is 13.7. The molecular formula is C32H47N3O4. The molecule has 39 heavy (non-hydrogen) atoms. The van der Waals surface area contributed by atoms with Crippen LogP contribution in [0.15, 0.2) is 48.5 Å². The standard InChI is InChI=1S/C32H47N3O4/c1-7-24-14-15-25(18-29(24)39-17-11-16-38-6)30(36)35(23(2)3)22-27-20-33-19-26(27)21-34-31(37)32(4,5)28-12-9-8-10-13-28/h8-10,12-15,18,23,26-27,33H,7,11,16-17,19-22H2,1-6H3,(H,34,37)/t26-,27-/m0/s1. The van der Waals surface area contributed by atoms with E-state index in [0.29, 0.717) is 31.9 Å². The van der Waals surface area contributed by atoms with Gasteiger partial charge in [-0.25, -0.2) is 0 Å². The van der Waals surface area contributed by atoms with Crippen LogP contribution in [0.25, 0.3) is 0 Å². The fourth-order valence-electron chi connectivity index (χ4n) is 5.12. The van der Waals surface area contributed by atoms with E-state index in [1.165, 1.54) is 0 Å². The van der Waals surface area contributed by atoms with E-state index in [1.54, 1.807) is 7.11 Å². The van der Waals surface area contributed by atoms with Crippen molar-refractivity contribution in [1.29, 1.82) is 0 Å². The molecule has 0 radical (unpaired) electrons. The van der Waals surface area contributed by atoms with Crippen LogP contribution >= 0.6 is 0 Å². The Morgan fingerprint density at radius 1 is 1.08 bits per heavy atom.